The maximum Gasteiger partial charge on any atom is 0.0357 e. The van der Waals surface area contributed by atoms with E-state index in [9.17, 15) is 4.21 Å². The summed E-state index contributed by atoms with van der Waals surface area (Å²) < 4.78 is 10.7. The van der Waals surface area contributed by atoms with Crippen LogP contribution in [0.15, 0.2) is 12.1 Å². The Morgan fingerprint density at radius 3 is 2.85 bits per heavy atom. The fourth-order valence-electron chi connectivity index (χ4n) is 1.01. The van der Waals surface area contributed by atoms with Gasteiger partial charge in [-0.15, -0.1) is 11.3 Å². The van der Waals surface area contributed by atoms with Gasteiger partial charge < -0.3 is 5.32 Å². The number of hydrogen-bond acceptors (Lipinski definition) is 3. The molecule has 0 aliphatic carbocycles. The molecule has 0 aliphatic rings. The van der Waals surface area contributed by atoms with Gasteiger partial charge in [-0.2, -0.15) is 0 Å². The van der Waals surface area contributed by atoms with E-state index in [1.807, 2.05) is 11.3 Å². The monoisotopic (exact) mass is 217 g/mol. The van der Waals surface area contributed by atoms with Crippen LogP contribution in [0.4, 0.5) is 0 Å². The van der Waals surface area contributed by atoms with Crippen LogP contribution in [0.1, 0.15) is 9.75 Å². The molecule has 0 aromatic carbocycles. The third kappa shape index (κ3) is 4.55. The Kier molecular flexibility index (Phi) is 4.62. The highest BCUT2D eigenvalue weighted by atomic mass is 32.2. The van der Waals surface area contributed by atoms with Crippen molar-refractivity contribution >= 4 is 22.1 Å². The summed E-state index contributed by atoms with van der Waals surface area (Å²) in [4.78, 5) is 2.69. The number of hydrogen-bond donors (Lipinski definition) is 1. The molecule has 1 aromatic heterocycles. The molecule has 0 amide bonds. The van der Waals surface area contributed by atoms with E-state index in [-0.39, 0.29) is 0 Å². The number of rotatable bonds is 5. The van der Waals surface area contributed by atoms with Crippen molar-refractivity contribution in [3.05, 3.63) is 21.9 Å². The molecule has 0 saturated carbocycles. The molecule has 0 saturated heterocycles. The topological polar surface area (TPSA) is 29.1 Å². The number of aryl methyl sites for hydroxylation is 1. The van der Waals surface area contributed by atoms with Crippen LogP contribution >= 0.6 is 11.3 Å². The quantitative estimate of drug-likeness (QED) is 0.758. The first-order chi connectivity index (χ1) is 6.18. The van der Waals surface area contributed by atoms with Crippen LogP contribution in [0.25, 0.3) is 0 Å². The smallest absolute Gasteiger partial charge is 0.0357 e. The summed E-state index contributed by atoms with van der Waals surface area (Å²) in [5, 5.41) is 3.26. The Hall–Kier alpha value is -0.190. The van der Waals surface area contributed by atoms with Gasteiger partial charge in [0.25, 0.3) is 0 Å². The van der Waals surface area contributed by atoms with Crippen molar-refractivity contribution in [1.82, 2.24) is 5.32 Å². The Bertz CT molecular complexity index is 283. The Morgan fingerprint density at radius 2 is 2.31 bits per heavy atom. The molecule has 13 heavy (non-hydrogen) atoms. The van der Waals surface area contributed by atoms with Gasteiger partial charge in [-0.05, 0) is 19.1 Å². The van der Waals surface area contributed by atoms with Crippen LogP contribution < -0.4 is 5.32 Å². The molecule has 1 heterocycles. The summed E-state index contributed by atoms with van der Waals surface area (Å²) in [6.07, 6.45) is 1.73. The predicted molar refractivity (Wildman–Crippen MR) is 59.7 cm³/mol. The van der Waals surface area contributed by atoms with Crippen LogP contribution in [-0.2, 0) is 17.3 Å². The number of thiophene rings is 1. The summed E-state index contributed by atoms with van der Waals surface area (Å²) in [7, 11) is -0.677. The fraction of sp³-hybridized carbons (Fsp3) is 0.556. The highest BCUT2D eigenvalue weighted by Crippen LogP contribution is 2.14. The maximum absolute atomic E-state index is 10.7. The van der Waals surface area contributed by atoms with Crippen molar-refractivity contribution in [1.29, 1.82) is 0 Å². The first-order valence-electron chi connectivity index (χ1n) is 4.24. The van der Waals surface area contributed by atoms with E-state index in [1.165, 1.54) is 9.75 Å². The Labute approximate surface area is 85.8 Å². The normalized spacial score (nSPS) is 13.1. The van der Waals surface area contributed by atoms with Gasteiger partial charge in [0.15, 0.2) is 0 Å². The van der Waals surface area contributed by atoms with Crippen molar-refractivity contribution < 1.29 is 4.21 Å². The number of nitrogens with one attached hydrogen (secondary N) is 1. The van der Waals surface area contributed by atoms with E-state index in [0.717, 1.165) is 18.8 Å². The van der Waals surface area contributed by atoms with Gasteiger partial charge in [0.05, 0.1) is 0 Å². The molecule has 0 radical (unpaired) electrons. The lowest BCUT2D eigenvalue weighted by Gasteiger charge is -2.00. The summed E-state index contributed by atoms with van der Waals surface area (Å²) in [5.41, 5.74) is 0. The van der Waals surface area contributed by atoms with Crippen LogP contribution in [0, 0.1) is 6.92 Å². The van der Waals surface area contributed by atoms with E-state index < -0.39 is 10.8 Å². The van der Waals surface area contributed by atoms with E-state index in [2.05, 4.69) is 24.4 Å². The Balaban J connectivity index is 2.16. The molecule has 0 fully saturated rings. The fourth-order valence-corrected chi connectivity index (χ4v) is 2.30. The van der Waals surface area contributed by atoms with Gasteiger partial charge in [-0.3, -0.25) is 4.21 Å². The minimum absolute atomic E-state index is 0.677. The van der Waals surface area contributed by atoms with Gasteiger partial charge in [0.1, 0.15) is 0 Å². The second kappa shape index (κ2) is 5.52. The predicted octanol–water partition coefficient (Wildman–Crippen LogP) is 1.52. The highest BCUT2D eigenvalue weighted by molar-refractivity contribution is 7.84. The Morgan fingerprint density at radius 1 is 1.54 bits per heavy atom. The third-order valence-corrected chi connectivity index (χ3v) is 3.44. The van der Waals surface area contributed by atoms with Crippen LogP contribution in [0.2, 0.25) is 0 Å². The molecule has 1 aromatic rings. The second-order valence-corrected chi connectivity index (χ2v) is 5.89. The molecule has 74 valence electrons. The summed E-state index contributed by atoms with van der Waals surface area (Å²) in [6, 6.07) is 4.26. The average Bonchev–Trinajstić information content (AvgIpc) is 2.45. The minimum Gasteiger partial charge on any atom is -0.311 e. The van der Waals surface area contributed by atoms with E-state index in [0.29, 0.717) is 0 Å². The molecule has 0 spiro atoms. The molecular weight excluding hydrogens is 202 g/mol. The first-order valence-corrected chi connectivity index (χ1v) is 6.79. The van der Waals surface area contributed by atoms with E-state index in [1.54, 1.807) is 6.26 Å². The SMILES string of the molecule is Cc1ccc(CNCCS(C)=O)s1. The van der Waals surface area contributed by atoms with Crippen LogP contribution in [0.3, 0.4) is 0 Å². The molecule has 0 bridgehead atoms. The summed E-state index contributed by atoms with van der Waals surface area (Å²) >= 11 is 1.81. The van der Waals surface area contributed by atoms with Crippen LogP contribution in [0.5, 0.6) is 0 Å². The van der Waals surface area contributed by atoms with E-state index in [4.69, 9.17) is 0 Å². The molecular formula is C9H15NOS2. The van der Waals surface area contributed by atoms with E-state index >= 15 is 0 Å². The van der Waals surface area contributed by atoms with Gasteiger partial charge in [0, 0.05) is 45.7 Å². The maximum atomic E-state index is 10.7. The largest absolute Gasteiger partial charge is 0.311 e. The molecule has 0 aliphatic heterocycles. The third-order valence-electron chi connectivity index (χ3n) is 1.66. The van der Waals surface area contributed by atoms with Gasteiger partial charge in [0.2, 0.25) is 0 Å². The van der Waals surface area contributed by atoms with Gasteiger partial charge in [-0.1, -0.05) is 0 Å². The zero-order valence-electron chi connectivity index (χ0n) is 8.00. The molecule has 1 atom stereocenters. The molecule has 1 rings (SSSR count). The lowest BCUT2D eigenvalue weighted by atomic mass is 10.4. The van der Waals surface area contributed by atoms with Crippen molar-refractivity contribution in [2.45, 2.75) is 13.5 Å². The summed E-state index contributed by atoms with van der Waals surface area (Å²) in [5.74, 6) is 0.740. The molecule has 4 heteroatoms. The van der Waals surface area contributed by atoms with Gasteiger partial charge in [-0.25, -0.2) is 0 Å². The minimum atomic E-state index is -0.677. The van der Waals surface area contributed by atoms with Crippen molar-refractivity contribution in [3.63, 3.8) is 0 Å². The van der Waals surface area contributed by atoms with Crippen molar-refractivity contribution in [2.24, 2.45) is 0 Å². The van der Waals surface area contributed by atoms with Crippen LogP contribution in [-0.4, -0.2) is 22.8 Å². The standard InChI is InChI=1S/C9H15NOS2/c1-8-3-4-9(12-8)7-10-5-6-13(2)11/h3-4,10H,5-7H2,1-2H3. The lowest BCUT2D eigenvalue weighted by Crippen LogP contribution is -2.18. The first kappa shape index (κ1) is 10.9. The zero-order chi connectivity index (χ0) is 9.68. The molecule has 1 N–H and O–H groups in total. The zero-order valence-corrected chi connectivity index (χ0v) is 9.63. The molecule has 2 nitrogen and oxygen atoms in total. The highest BCUT2D eigenvalue weighted by Gasteiger charge is 1.96. The summed E-state index contributed by atoms with van der Waals surface area (Å²) in [6.45, 7) is 3.84. The average molecular weight is 217 g/mol. The van der Waals surface area contributed by atoms with Gasteiger partial charge >= 0.3 is 0 Å². The van der Waals surface area contributed by atoms with Crippen molar-refractivity contribution in [2.75, 3.05) is 18.6 Å². The van der Waals surface area contributed by atoms with Crippen molar-refractivity contribution in [3.8, 4) is 0 Å². The lowest BCUT2D eigenvalue weighted by molar-refractivity contribution is 0.678. The molecule has 1 unspecified atom stereocenters. The second-order valence-electron chi connectivity index (χ2n) is 2.97.